The number of hydrazine groups is 1. The third-order valence-corrected chi connectivity index (χ3v) is 4.37. The highest BCUT2D eigenvalue weighted by Crippen LogP contribution is 2.39. The van der Waals surface area contributed by atoms with Gasteiger partial charge in [0.05, 0.1) is 4.92 Å². The zero-order chi connectivity index (χ0) is 19.5. The molecule has 1 amide bonds. The molecule has 1 aliphatic heterocycles. The molecule has 3 heterocycles. The van der Waals surface area contributed by atoms with Crippen molar-refractivity contribution in [2.75, 3.05) is 16.9 Å². The molecular formula is C18H15N7O3. The normalized spacial score (nSPS) is 12.4. The number of hydrogen-bond donors (Lipinski definition) is 2. The molecule has 4 rings (SSSR count). The van der Waals surface area contributed by atoms with Crippen LogP contribution in [0.2, 0.25) is 0 Å². The summed E-state index contributed by atoms with van der Waals surface area (Å²) >= 11 is 0. The van der Waals surface area contributed by atoms with E-state index < -0.39 is 10.8 Å². The smallest absolute Gasteiger partial charge is 0.320 e. The summed E-state index contributed by atoms with van der Waals surface area (Å²) in [6.45, 7) is 0.569. The lowest BCUT2D eigenvalue weighted by molar-refractivity contribution is -0.383. The van der Waals surface area contributed by atoms with Gasteiger partial charge in [-0.05, 0) is 30.2 Å². The molecule has 10 heteroatoms. The molecule has 0 aliphatic carbocycles. The summed E-state index contributed by atoms with van der Waals surface area (Å²) < 4.78 is 0. The summed E-state index contributed by atoms with van der Waals surface area (Å²) in [5, 5.41) is 11.8. The van der Waals surface area contributed by atoms with Gasteiger partial charge >= 0.3 is 5.69 Å². The van der Waals surface area contributed by atoms with Crippen LogP contribution >= 0.6 is 0 Å². The number of benzene rings is 1. The fourth-order valence-corrected chi connectivity index (χ4v) is 3.08. The number of nitrogens with one attached hydrogen (secondary N) is 2. The SMILES string of the molecule is O=C(NNc1ncnc(N2CCc3ccccc32)c1[N+](=O)[O-])c1ccncc1. The van der Waals surface area contributed by atoms with Crippen LogP contribution < -0.4 is 15.8 Å². The van der Waals surface area contributed by atoms with Gasteiger partial charge in [-0.3, -0.25) is 30.7 Å². The first-order chi connectivity index (χ1) is 13.6. The van der Waals surface area contributed by atoms with Gasteiger partial charge in [-0.2, -0.15) is 0 Å². The Morgan fingerprint density at radius 3 is 2.71 bits per heavy atom. The molecule has 0 saturated heterocycles. The van der Waals surface area contributed by atoms with Crippen molar-refractivity contribution in [1.29, 1.82) is 0 Å². The molecule has 0 spiro atoms. The summed E-state index contributed by atoms with van der Waals surface area (Å²) in [6, 6.07) is 10.7. The highest BCUT2D eigenvalue weighted by Gasteiger charge is 2.31. The summed E-state index contributed by atoms with van der Waals surface area (Å²) in [7, 11) is 0. The predicted molar refractivity (Wildman–Crippen MR) is 101 cm³/mol. The van der Waals surface area contributed by atoms with E-state index in [1.54, 1.807) is 4.90 Å². The summed E-state index contributed by atoms with van der Waals surface area (Å²) in [5.41, 5.74) is 6.97. The van der Waals surface area contributed by atoms with Gasteiger partial charge < -0.3 is 4.90 Å². The van der Waals surface area contributed by atoms with Crippen LogP contribution in [-0.4, -0.2) is 32.3 Å². The number of carbonyl (C=O) groups is 1. The Morgan fingerprint density at radius 1 is 1.14 bits per heavy atom. The van der Waals surface area contributed by atoms with Gasteiger partial charge in [0.15, 0.2) is 0 Å². The van der Waals surface area contributed by atoms with Gasteiger partial charge in [0.25, 0.3) is 5.91 Å². The number of anilines is 3. The van der Waals surface area contributed by atoms with Crippen LogP contribution in [-0.2, 0) is 6.42 Å². The van der Waals surface area contributed by atoms with Crippen LogP contribution in [0.15, 0.2) is 55.1 Å². The van der Waals surface area contributed by atoms with Crippen molar-refractivity contribution in [1.82, 2.24) is 20.4 Å². The number of para-hydroxylation sites is 1. The molecule has 0 bridgehead atoms. The van der Waals surface area contributed by atoms with Crippen LogP contribution in [0.4, 0.5) is 23.0 Å². The highest BCUT2D eigenvalue weighted by atomic mass is 16.6. The second-order valence-electron chi connectivity index (χ2n) is 6.00. The van der Waals surface area contributed by atoms with Crippen LogP contribution in [0.1, 0.15) is 15.9 Å². The number of amides is 1. The molecule has 0 fully saturated rings. The lowest BCUT2D eigenvalue weighted by atomic mass is 10.2. The Morgan fingerprint density at radius 2 is 1.93 bits per heavy atom. The van der Waals surface area contributed by atoms with Crippen molar-refractivity contribution in [2.24, 2.45) is 0 Å². The first-order valence-electron chi connectivity index (χ1n) is 8.46. The molecule has 2 N–H and O–H groups in total. The first-order valence-corrected chi connectivity index (χ1v) is 8.46. The molecule has 140 valence electrons. The van der Waals surface area contributed by atoms with Crippen LogP contribution in [0, 0.1) is 10.1 Å². The Bertz CT molecular complexity index is 1040. The van der Waals surface area contributed by atoms with E-state index in [2.05, 4.69) is 25.8 Å². The summed E-state index contributed by atoms with van der Waals surface area (Å²) in [4.78, 5) is 37.1. The molecule has 1 aromatic carbocycles. The molecule has 0 saturated carbocycles. The van der Waals surface area contributed by atoms with E-state index in [9.17, 15) is 14.9 Å². The van der Waals surface area contributed by atoms with Crippen LogP contribution in [0.25, 0.3) is 0 Å². The van der Waals surface area contributed by atoms with E-state index in [1.165, 1.54) is 30.9 Å². The van der Waals surface area contributed by atoms with Gasteiger partial charge in [0.1, 0.15) is 6.33 Å². The predicted octanol–water partition coefficient (Wildman–Crippen LogP) is 2.23. The summed E-state index contributed by atoms with van der Waals surface area (Å²) in [6.07, 6.45) is 4.94. The number of pyridine rings is 1. The number of fused-ring (bicyclic) bond motifs is 1. The molecule has 2 aromatic heterocycles. The van der Waals surface area contributed by atoms with Crippen molar-refractivity contribution < 1.29 is 9.72 Å². The molecule has 0 atom stereocenters. The monoisotopic (exact) mass is 377 g/mol. The highest BCUT2D eigenvalue weighted by molar-refractivity contribution is 5.95. The zero-order valence-corrected chi connectivity index (χ0v) is 14.6. The maximum Gasteiger partial charge on any atom is 0.355 e. The molecule has 10 nitrogen and oxygen atoms in total. The van der Waals surface area contributed by atoms with Crippen molar-refractivity contribution in [2.45, 2.75) is 6.42 Å². The standard InChI is InChI=1S/C18H15N7O3/c26-18(13-5-8-19-9-6-13)23-22-16-15(25(27)28)17(21-11-20-16)24-10-7-12-3-1-2-4-14(12)24/h1-6,8-9,11H,7,10H2,(H,23,26)(H,20,21,22). The Hall–Kier alpha value is -4.08. The fourth-order valence-electron chi connectivity index (χ4n) is 3.08. The number of aromatic nitrogens is 3. The minimum Gasteiger partial charge on any atom is -0.320 e. The van der Waals surface area contributed by atoms with Crippen molar-refractivity contribution in [3.63, 3.8) is 0 Å². The maximum absolute atomic E-state index is 12.2. The quantitative estimate of drug-likeness (QED) is 0.512. The Labute approximate surface area is 159 Å². The zero-order valence-electron chi connectivity index (χ0n) is 14.6. The third kappa shape index (κ3) is 3.18. The molecular weight excluding hydrogens is 362 g/mol. The largest absolute Gasteiger partial charge is 0.355 e. The van der Waals surface area contributed by atoms with Crippen LogP contribution in [0.5, 0.6) is 0 Å². The molecule has 0 radical (unpaired) electrons. The van der Waals surface area contributed by atoms with Crippen molar-refractivity contribution >= 4 is 28.9 Å². The van der Waals surface area contributed by atoms with E-state index >= 15 is 0 Å². The van der Waals surface area contributed by atoms with Gasteiger partial charge in [-0.25, -0.2) is 9.97 Å². The second kappa shape index (κ2) is 7.27. The number of nitrogens with zero attached hydrogens (tertiary/aromatic N) is 5. The molecule has 28 heavy (non-hydrogen) atoms. The molecule has 3 aromatic rings. The van der Waals surface area contributed by atoms with E-state index in [4.69, 9.17) is 0 Å². The minimum atomic E-state index is -0.558. The van der Waals surface area contributed by atoms with E-state index in [1.807, 2.05) is 24.3 Å². The van der Waals surface area contributed by atoms with Gasteiger partial charge in [-0.1, -0.05) is 18.2 Å². The van der Waals surface area contributed by atoms with Crippen molar-refractivity contribution in [3.05, 3.63) is 76.4 Å². The summed E-state index contributed by atoms with van der Waals surface area (Å²) in [5.74, 6) is -0.393. The number of rotatable bonds is 5. The second-order valence-corrected chi connectivity index (χ2v) is 6.00. The topological polar surface area (TPSA) is 126 Å². The third-order valence-electron chi connectivity index (χ3n) is 4.37. The van der Waals surface area contributed by atoms with Gasteiger partial charge in [-0.15, -0.1) is 0 Å². The molecule has 1 aliphatic rings. The Kier molecular flexibility index (Phi) is 4.50. The average Bonchev–Trinajstić information content (AvgIpc) is 3.16. The van der Waals surface area contributed by atoms with E-state index in [0.29, 0.717) is 12.1 Å². The first kappa shape index (κ1) is 17.3. The minimum absolute atomic E-state index is 0.0956. The van der Waals surface area contributed by atoms with E-state index in [-0.39, 0.29) is 17.3 Å². The Balaban J connectivity index is 1.64. The average molecular weight is 377 g/mol. The number of hydrogen-bond acceptors (Lipinski definition) is 8. The molecule has 0 unspecified atom stereocenters. The number of nitro groups is 1. The number of carbonyl (C=O) groups excluding carboxylic acids is 1. The van der Waals surface area contributed by atoms with Gasteiger partial charge in [0, 0.05) is 30.2 Å². The van der Waals surface area contributed by atoms with Crippen molar-refractivity contribution in [3.8, 4) is 0 Å². The van der Waals surface area contributed by atoms with Gasteiger partial charge in [0.2, 0.25) is 11.6 Å². The maximum atomic E-state index is 12.2. The fraction of sp³-hybridized carbons (Fsp3) is 0.111. The lowest BCUT2D eigenvalue weighted by Crippen LogP contribution is -2.30. The van der Waals surface area contributed by atoms with E-state index in [0.717, 1.165) is 17.7 Å². The van der Waals surface area contributed by atoms with Crippen LogP contribution in [0.3, 0.4) is 0 Å². The lowest BCUT2D eigenvalue weighted by Gasteiger charge is -2.19.